The van der Waals surface area contributed by atoms with Crippen LogP contribution in [-0.2, 0) is 16.4 Å². The lowest BCUT2D eigenvalue weighted by atomic mass is 10.1. The molecular formula is C21H24N2O4S2. The van der Waals surface area contributed by atoms with Crippen LogP contribution < -0.4 is 9.47 Å². The van der Waals surface area contributed by atoms with Crippen molar-refractivity contribution in [3.63, 3.8) is 0 Å². The molecule has 0 unspecified atom stereocenters. The Morgan fingerprint density at radius 2 is 1.86 bits per heavy atom. The number of piperidine rings is 1. The maximum absolute atomic E-state index is 12.9. The SMILES string of the molecule is CCc1ccc(S(=O)(=O)N2CCC(Oc3nc4ccc(OC)cc4s3)CC2)cc1. The van der Waals surface area contributed by atoms with Gasteiger partial charge in [-0.15, -0.1) is 0 Å². The molecule has 3 aromatic rings. The predicted octanol–water partition coefficient (Wildman–Crippen LogP) is 4.10. The fourth-order valence-electron chi connectivity index (χ4n) is 3.44. The molecular weight excluding hydrogens is 408 g/mol. The lowest BCUT2D eigenvalue weighted by Gasteiger charge is -2.30. The van der Waals surface area contributed by atoms with E-state index in [1.807, 2.05) is 30.3 Å². The normalized spacial score (nSPS) is 16.2. The summed E-state index contributed by atoms with van der Waals surface area (Å²) in [5, 5.41) is 0.615. The first-order valence-corrected chi connectivity index (χ1v) is 12.0. The quantitative estimate of drug-likeness (QED) is 0.587. The summed E-state index contributed by atoms with van der Waals surface area (Å²) in [6.45, 7) is 2.94. The molecule has 6 nitrogen and oxygen atoms in total. The molecule has 0 bridgehead atoms. The Labute approximate surface area is 175 Å². The zero-order valence-electron chi connectivity index (χ0n) is 16.5. The van der Waals surface area contributed by atoms with Crippen molar-refractivity contribution in [3.05, 3.63) is 48.0 Å². The van der Waals surface area contributed by atoms with E-state index in [2.05, 4.69) is 11.9 Å². The molecule has 1 saturated heterocycles. The molecule has 1 aromatic heterocycles. The second-order valence-electron chi connectivity index (χ2n) is 7.03. The van der Waals surface area contributed by atoms with Crippen molar-refractivity contribution in [2.24, 2.45) is 0 Å². The van der Waals surface area contributed by atoms with E-state index in [0.29, 0.717) is 36.0 Å². The average Bonchev–Trinajstić information content (AvgIpc) is 3.15. The molecule has 2 heterocycles. The molecule has 0 radical (unpaired) electrons. The number of ether oxygens (including phenoxy) is 2. The number of hydrogen-bond donors (Lipinski definition) is 0. The van der Waals surface area contributed by atoms with Crippen molar-refractivity contribution in [1.29, 1.82) is 0 Å². The number of fused-ring (bicyclic) bond motifs is 1. The van der Waals surface area contributed by atoms with E-state index < -0.39 is 10.0 Å². The summed E-state index contributed by atoms with van der Waals surface area (Å²) in [5.41, 5.74) is 2.01. The summed E-state index contributed by atoms with van der Waals surface area (Å²) >= 11 is 1.48. The van der Waals surface area contributed by atoms with Gasteiger partial charge in [0.05, 0.1) is 22.2 Å². The van der Waals surface area contributed by atoms with E-state index >= 15 is 0 Å². The maximum Gasteiger partial charge on any atom is 0.274 e. The first kappa shape index (κ1) is 20.1. The zero-order valence-corrected chi connectivity index (χ0v) is 18.1. The van der Waals surface area contributed by atoms with Crippen molar-refractivity contribution in [2.75, 3.05) is 20.2 Å². The number of aryl methyl sites for hydroxylation is 1. The average molecular weight is 433 g/mol. The molecule has 29 heavy (non-hydrogen) atoms. The van der Waals surface area contributed by atoms with Gasteiger partial charge in [0, 0.05) is 13.1 Å². The minimum absolute atomic E-state index is 0.0358. The van der Waals surface area contributed by atoms with Crippen molar-refractivity contribution >= 4 is 31.6 Å². The van der Waals surface area contributed by atoms with Crippen LogP contribution in [0.2, 0.25) is 0 Å². The summed E-state index contributed by atoms with van der Waals surface area (Å²) in [6, 6.07) is 12.9. The van der Waals surface area contributed by atoms with Crippen molar-refractivity contribution < 1.29 is 17.9 Å². The number of thiazole rings is 1. The molecule has 2 aromatic carbocycles. The molecule has 0 spiro atoms. The van der Waals surface area contributed by atoms with Gasteiger partial charge < -0.3 is 9.47 Å². The van der Waals surface area contributed by atoms with Crippen LogP contribution in [0.3, 0.4) is 0 Å². The minimum atomic E-state index is -3.46. The summed E-state index contributed by atoms with van der Waals surface area (Å²) < 4.78 is 39.7. The van der Waals surface area contributed by atoms with E-state index in [4.69, 9.17) is 9.47 Å². The molecule has 8 heteroatoms. The third kappa shape index (κ3) is 4.24. The molecule has 0 saturated carbocycles. The molecule has 1 aliphatic heterocycles. The van der Waals surface area contributed by atoms with Gasteiger partial charge in [0.2, 0.25) is 10.0 Å². The maximum atomic E-state index is 12.9. The van der Waals surface area contributed by atoms with Crippen LogP contribution in [0.5, 0.6) is 10.9 Å². The Morgan fingerprint density at radius 3 is 2.52 bits per heavy atom. The number of nitrogens with zero attached hydrogens (tertiary/aromatic N) is 2. The van der Waals surface area contributed by atoms with Gasteiger partial charge >= 0.3 is 0 Å². The molecule has 0 aliphatic carbocycles. The molecule has 0 amide bonds. The van der Waals surface area contributed by atoms with Gasteiger partial charge in [-0.05, 0) is 55.2 Å². The fraction of sp³-hybridized carbons (Fsp3) is 0.381. The number of rotatable bonds is 6. The highest BCUT2D eigenvalue weighted by atomic mass is 32.2. The Bertz CT molecular complexity index is 1090. The third-order valence-electron chi connectivity index (χ3n) is 5.21. The third-order valence-corrected chi connectivity index (χ3v) is 8.04. The Hall–Kier alpha value is -2.16. The monoisotopic (exact) mass is 432 g/mol. The second-order valence-corrected chi connectivity index (χ2v) is 9.96. The standard InChI is InChI=1S/C21H24N2O4S2/c1-3-15-4-7-18(8-5-15)29(24,25)23-12-10-16(11-13-23)27-21-22-19-9-6-17(26-2)14-20(19)28-21/h4-9,14,16H,3,10-13H2,1-2H3. The summed E-state index contributed by atoms with van der Waals surface area (Å²) in [4.78, 5) is 4.88. The first-order chi connectivity index (χ1) is 14.0. The van der Waals surface area contributed by atoms with Crippen LogP contribution in [-0.4, -0.2) is 44.0 Å². The molecule has 1 aliphatic rings. The molecule has 1 fully saturated rings. The number of benzene rings is 2. The lowest BCUT2D eigenvalue weighted by molar-refractivity contribution is 0.135. The Kier molecular flexibility index (Phi) is 5.76. The van der Waals surface area contributed by atoms with Gasteiger partial charge in [-0.2, -0.15) is 4.31 Å². The van der Waals surface area contributed by atoms with Crippen molar-refractivity contribution in [3.8, 4) is 10.9 Å². The topological polar surface area (TPSA) is 68.7 Å². The molecule has 0 N–H and O–H groups in total. The Morgan fingerprint density at radius 1 is 1.14 bits per heavy atom. The highest BCUT2D eigenvalue weighted by Gasteiger charge is 2.30. The van der Waals surface area contributed by atoms with Crippen LogP contribution >= 0.6 is 11.3 Å². The number of hydrogen-bond acceptors (Lipinski definition) is 6. The lowest BCUT2D eigenvalue weighted by Crippen LogP contribution is -2.41. The van der Waals surface area contributed by atoms with Crippen LogP contribution in [0.4, 0.5) is 0 Å². The van der Waals surface area contributed by atoms with E-state index in [9.17, 15) is 8.42 Å². The van der Waals surface area contributed by atoms with Gasteiger partial charge in [0.15, 0.2) is 0 Å². The van der Waals surface area contributed by atoms with Crippen LogP contribution in [0, 0.1) is 0 Å². The second kappa shape index (κ2) is 8.30. The number of sulfonamides is 1. The summed E-state index contributed by atoms with van der Waals surface area (Å²) in [5.74, 6) is 0.790. The molecule has 154 valence electrons. The van der Waals surface area contributed by atoms with E-state index in [0.717, 1.165) is 28.0 Å². The largest absolute Gasteiger partial charge is 0.497 e. The van der Waals surface area contributed by atoms with Crippen LogP contribution in [0.1, 0.15) is 25.3 Å². The number of methoxy groups -OCH3 is 1. The predicted molar refractivity (Wildman–Crippen MR) is 114 cm³/mol. The van der Waals surface area contributed by atoms with Gasteiger partial charge in [0.1, 0.15) is 11.9 Å². The van der Waals surface area contributed by atoms with Gasteiger partial charge in [-0.1, -0.05) is 30.4 Å². The summed E-state index contributed by atoms with van der Waals surface area (Å²) in [6.07, 6.45) is 2.14. The van der Waals surface area contributed by atoms with Crippen molar-refractivity contribution in [1.82, 2.24) is 9.29 Å². The smallest absolute Gasteiger partial charge is 0.274 e. The van der Waals surface area contributed by atoms with Crippen LogP contribution in [0.15, 0.2) is 47.4 Å². The van der Waals surface area contributed by atoms with E-state index in [1.165, 1.54) is 11.3 Å². The van der Waals surface area contributed by atoms with Crippen LogP contribution in [0.25, 0.3) is 10.2 Å². The van der Waals surface area contributed by atoms with Gasteiger partial charge in [-0.3, -0.25) is 0 Å². The molecule has 0 atom stereocenters. The van der Waals surface area contributed by atoms with Gasteiger partial charge in [0.25, 0.3) is 5.19 Å². The number of aromatic nitrogens is 1. The fourth-order valence-corrected chi connectivity index (χ4v) is 5.82. The van der Waals surface area contributed by atoms with Gasteiger partial charge in [-0.25, -0.2) is 13.4 Å². The molecule has 4 rings (SSSR count). The van der Waals surface area contributed by atoms with Crippen molar-refractivity contribution in [2.45, 2.75) is 37.2 Å². The first-order valence-electron chi connectivity index (χ1n) is 9.70. The van der Waals surface area contributed by atoms with E-state index in [-0.39, 0.29) is 6.10 Å². The highest BCUT2D eigenvalue weighted by Crippen LogP contribution is 2.32. The Balaban J connectivity index is 1.40. The highest BCUT2D eigenvalue weighted by molar-refractivity contribution is 7.89. The minimum Gasteiger partial charge on any atom is -0.497 e. The zero-order chi connectivity index (χ0) is 20.4. The van der Waals surface area contributed by atoms with E-state index in [1.54, 1.807) is 23.5 Å². The summed E-state index contributed by atoms with van der Waals surface area (Å²) in [7, 11) is -1.82.